The fourth-order valence-electron chi connectivity index (χ4n) is 0.00926. The quantitative estimate of drug-likeness (QED) is 0.531. The van der Waals surface area contributed by atoms with Gasteiger partial charge in [-0.2, -0.15) is 0 Å². The molecule has 0 amide bonds. The zero-order valence-electron chi connectivity index (χ0n) is 2.39. The van der Waals surface area contributed by atoms with Crippen LogP contribution in [0.25, 0.3) is 0 Å². The van der Waals surface area contributed by atoms with Gasteiger partial charge in [0.15, 0.2) is 0 Å². The standard InChI is InChI=1S/CH2O3.2Ir/c2-1(3)4;;/h(H2,2,3,4);;/q;2*+1/p-2. The molecule has 0 atom stereocenters. The van der Waals surface area contributed by atoms with Crippen molar-refractivity contribution in [3.05, 3.63) is 0 Å². The van der Waals surface area contributed by atoms with Crippen molar-refractivity contribution in [2.75, 3.05) is 0 Å². The molecule has 0 aromatic heterocycles. The molecule has 3 nitrogen and oxygen atoms in total. The van der Waals surface area contributed by atoms with Gasteiger partial charge in [-0.25, -0.2) is 0 Å². The van der Waals surface area contributed by atoms with Crippen molar-refractivity contribution in [1.82, 2.24) is 0 Å². The molecule has 0 aliphatic carbocycles. The number of rotatable bonds is 0. The van der Waals surface area contributed by atoms with Crippen LogP contribution in [0.3, 0.4) is 0 Å². The van der Waals surface area contributed by atoms with Crippen LogP contribution in [0.15, 0.2) is 0 Å². The zero-order valence-corrected chi connectivity index (χ0v) is 7.18. The van der Waals surface area contributed by atoms with Crippen LogP contribution in [-0.2, 0) is 45.5 Å². The number of carbonyl (C=O) groups excluding carboxylic acids is 1. The molecule has 6 heavy (non-hydrogen) atoms. The first-order chi connectivity index (χ1) is 2.81. The Balaban J connectivity index is 2.99. The van der Waals surface area contributed by atoms with E-state index in [0.717, 1.165) is 0 Å². The maximum absolute atomic E-state index is 9.74. The van der Waals surface area contributed by atoms with Gasteiger partial charge in [0.1, 0.15) is 0 Å². The van der Waals surface area contributed by atoms with Crippen molar-refractivity contribution in [2.45, 2.75) is 0 Å². The Morgan fingerprint density at radius 1 is 1.33 bits per heavy atom. The molecule has 0 spiro atoms. The van der Waals surface area contributed by atoms with Crippen molar-refractivity contribution in [2.24, 2.45) is 0 Å². The van der Waals surface area contributed by atoms with E-state index in [4.69, 9.17) is 0 Å². The van der Waals surface area contributed by atoms with Gasteiger partial charge in [-0.05, 0) is 0 Å². The van der Waals surface area contributed by atoms with Crippen LogP contribution in [0.4, 0.5) is 4.79 Å². The molecule has 0 fully saturated rings. The Morgan fingerprint density at radius 2 is 1.67 bits per heavy atom. The van der Waals surface area contributed by atoms with Gasteiger partial charge in [0.2, 0.25) is 0 Å². The molecule has 0 radical (unpaired) electrons. The molecule has 0 aromatic rings. The average Bonchev–Trinajstić information content (AvgIpc) is 1.65. The fourth-order valence-corrected chi connectivity index (χ4v) is 0.620. The number of hydrogen-bond donors (Lipinski definition) is 0. The Bertz CT molecular complexity index is 46.8. The van der Waals surface area contributed by atoms with E-state index in [1.165, 1.54) is 38.5 Å². The predicted molar refractivity (Wildman–Crippen MR) is 7.57 cm³/mol. The van der Waals surface area contributed by atoms with Crippen LogP contribution in [0, 0.1) is 0 Å². The van der Waals surface area contributed by atoms with Gasteiger partial charge in [-0.1, -0.05) is 0 Å². The summed E-state index contributed by atoms with van der Waals surface area (Å²) in [4.78, 5) is 9.74. The Labute approximate surface area is 56.5 Å². The summed E-state index contributed by atoms with van der Waals surface area (Å²) < 4.78 is 8.08. The Kier molecular flexibility index (Phi) is 4.10. The summed E-state index contributed by atoms with van der Waals surface area (Å²) in [6.07, 6.45) is -0.657. The van der Waals surface area contributed by atoms with Crippen molar-refractivity contribution in [3.8, 4) is 0 Å². The Hall–Kier alpha value is 0.569. The summed E-state index contributed by atoms with van der Waals surface area (Å²) in [6, 6.07) is 0. The normalized spacial score (nSPS) is 7.33. The minimum atomic E-state index is -0.657. The molecular weight excluding hydrogens is 444 g/mol. The van der Waals surface area contributed by atoms with E-state index in [9.17, 15) is 4.79 Å². The van der Waals surface area contributed by atoms with Gasteiger partial charge >= 0.3 is 56.5 Å². The van der Waals surface area contributed by atoms with E-state index in [2.05, 4.69) is 6.99 Å². The molecule has 0 aromatic carbocycles. The van der Waals surface area contributed by atoms with Crippen molar-refractivity contribution in [1.29, 1.82) is 0 Å². The van der Waals surface area contributed by atoms with E-state index < -0.39 is 6.16 Å². The number of hydrogen-bond acceptors (Lipinski definition) is 3. The Morgan fingerprint density at radius 3 is 1.67 bits per heavy atom. The molecule has 5 heteroatoms. The summed E-state index contributed by atoms with van der Waals surface area (Å²) in [7, 11) is 0. The van der Waals surface area contributed by atoms with E-state index in [0.29, 0.717) is 0 Å². The molecule has 0 unspecified atom stereocenters. The van der Waals surface area contributed by atoms with Crippen LogP contribution in [0.1, 0.15) is 0 Å². The van der Waals surface area contributed by atoms with Gasteiger partial charge in [-0.3, -0.25) is 0 Å². The number of carbonyl (C=O) groups is 1. The van der Waals surface area contributed by atoms with E-state index in [-0.39, 0.29) is 0 Å². The minimum absolute atomic E-state index is 0.657. The molecule has 0 bridgehead atoms. The molecule has 0 aliphatic heterocycles. The zero-order chi connectivity index (χ0) is 4.99. The fraction of sp³-hybridized carbons (Fsp3) is 0. The van der Waals surface area contributed by atoms with Gasteiger partial charge in [0.05, 0.1) is 0 Å². The van der Waals surface area contributed by atoms with E-state index >= 15 is 0 Å². The first-order valence-corrected chi connectivity index (χ1v) is 2.84. The summed E-state index contributed by atoms with van der Waals surface area (Å²) in [5.41, 5.74) is 0. The molecule has 0 N–H and O–H groups in total. The third-order valence-corrected chi connectivity index (χ3v) is 0.909. The second kappa shape index (κ2) is 3.75. The molecule has 40 valence electrons. The monoisotopic (exact) mass is 446 g/mol. The summed E-state index contributed by atoms with van der Waals surface area (Å²) in [6.45, 7) is 0. The van der Waals surface area contributed by atoms with Crippen molar-refractivity contribution in [3.63, 3.8) is 0 Å². The summed E-state index contributed by atoms with van der Waals surface area (Å²) >= 11 is 2.51. The molecular formula is CIr2O3. The topological polar surface area (TPSA) is 35.5 Å². The third kappa shape index (κ3) is 2.79. The van der Waals surface area contributed by atoms with Crippen molar-refractivity contribution < 1.29 is 50.3 Å². The first kappa shape index (κ1) is 6.57. The van der Waals surface area contributed by atoms with Crippen molar-refractivity contribution >= 4 is 6.16 Å². The molecule has 0 heterocycles. The van der Waals surface area contributed by atoms with Gasteiger partial charge in [0.25, 0.3) is 0 Å². The first-order valence-electron chi connectivity index (χ1n) is 0.885. The molecule has 0 saturated carbocycles. The van der Waals surface area contributed by atoms with E-state index in [1.807, 2.05) is 0 Å². The second-order valence-corrected chi connectivity index (χ2v) is 1.36. The second-order valence-electron chi connectivity index (χ2n) is 0.386. The van der Waals surface area contributed by atoms with Crippen LogP contribution < -0.4 is 0 Å². The summed E-state index contributed by atoms with van der Waals surface area (Å²) in [5, 5.41) is 0. The average molecular weight is 444 g/mol. The van der Waals surface area contributed by atoms with Crippen LogP contribution in [0.5, 0.6) is 0 Å². The molecule has 0 aliphatic rings. The van der Waals surface area contributed by atoms with Gasteiger partial charge in [-0.15, -0.1) is 0 Å². The van der Waals surface area contributed by atoms with Gasteiger partial charge in [0, 0.05) is 0 Å². The third-order valence-electron chi connectivity index (χ3n) is 0.111. The van der Waals surface area contributed by atoms with E-state index in [1.54, 1.807) is 0 Å². The summed E-state index contributed by atoms with van der Waals surface area (Å²) in [5.74, 6) is 0. The molecule has 0 saturated heterocycles. The predicted octanol–water partition coefficient (Wildman–Crippen LogP) is 0.0632. The SMILES string of the molecule is O=C([O][Ir])[O][Ir]. The molecule has 0 rings (SSSR count). The maximum atomic E-state index is 9.74. The van der Waals surface area contributed by atoms with Gasteiger partial charge < -0.3 is 0 Å². The van der Waals surface area contributed by atoms with Crippen LogP contribution in [0.2, 0.25) is 0 Å². The van der Waals surface area contributed by atoms with Crippen LogP contribution in [-0.4, -0.2) is 6.16 Å². The van der Waals surface area contributed by atoms with Crippen LogP contribution >= 0.6 is 0 Å².